The van der Waals surface area contributed by atoms with E-state index in [4.69, 9.17) is 5.11 Å². The van der Waals surface area contributed by atoms with Crippen LogP contribution in [0.2, 0.25) is 0 Å². The Balaban J connectivity index is 2.76. The van der Waals surface area contributed by atoms with Crippen LogP contribution >= 0.6 is 0 Å². The molecule has 0 aromatic carbocycles. The second kappa shape index (κ2) is 7.26. The molecule has 1 saturated heterocycles. The SMILES string of the molecule is COC(=O)C(CC(C)C)NC(=O)N1C[C@H](O)C[C@H]1C(=O)O. The zero-order chi connectivity index (χ0) is 16.2. The molecule has 0 aliphatic carbocycles. The molecule has 1 rings (SSSR count). The number of ether oxygens (including phenoxy) is 1. The highest BCUT2D eigenvalue weighted by Gasteiger charge is 2.40. The maximum Gasteiger partial charge on any atom is 0.328 e. The predicted molar refractivity (Wildman–Crippen MR) is 72.5 cm³/mol. The van der Waals surface area contributed by atoms with Crippen molar-refractivity contribution in [1.29, 1.82) is 0 Å². The number of carbonyl (C=O) groups is 3. The fourth-order valence-electron chi connectivity index (χ4n) is 2.33. The number of nitrogens with zero attached hydrogens (tertiary/aromatic N) is 1. The Hall–Kier alpha value is -1.83. The van der Waals surface area contributed by atoms with Crippen molar-refractivity contribution in [2.24, 2.45) is 5.92 Å². The number of β-amino-alcohol motifs (C(OH)–C–C–N with tert-alkyl or cyclic N) is 1. The number of methoxy groups -OCH3 is 1. The third-order valence-electron chi connectivity index (χ3n) is 3.32. The molecule has 0 saturated carbocycles. The minimum Gasteiger partial charge on any atom is -0.480 e. The number of hydrogen-bond acceptors (Lipinski definition) is 5. The van der Waals surface area contributed by atoms with Gasteiger partial charge in [-0.15, -0.1) is 0 Å². The lowest BCUT2D eigenvalue weighted by atomic mass is 10.0. The van der Waals surface area contributed by atoms with Crippen molar-refractivity contribution in [3.63, 3.8) is 0 Å². The summed E-state index contributed by atoms with van der Waals surface area (Å²) in [6, 6.07) is -2.61. The molecule has 8 heteroatoms. The number of aliphatic hydroxyl groups is 1. The van der Waals surface area contributed by atoms with Gasteiger partial charge in [0.1, 0.15) is 12.1 Å². The number of urea groups is 1. The number of hydrogen-bond donors (Lipinski definition) is 3. The normalized spacial score (nSPS) is 23.0. The molecule has 1 aliphatic rings. The van der Waals surface area contributed by atoms with Gasteiger partial charge in [-0.25, -0.2) is 14.4 Å². The Kier molecular flexibility index (Phi) is 5.95. The number of carboxylic acids is 1. The van der Waals surface area contributed by atoms with Gasteiger partial charge in [0.2, 0.25) is 0 Å². The molecular weight excluding hydrogens is 280 g/mol. The molecule has 120 valence electrons. The quantitative estimate of drug-likeness (QED) is 0.606. The van der Waals surface area contributed by atoms with Crippen molar-refractivity contribution in [2.75, 3.05) is 13.7 Å². The van der Waals surface area contributed by atoms with E-state index in [9.17, 15) is 19.5 Å². The Morgan fingerprint density at radius 2 is 2.00 bits per heavy atom. The Labute approximate surface area is 123 Å². The molecule has 8 nitrogen and oxygen atoms in total. The van der Waals surface area contributed by atoms with Crippen molar-refractivity contribution in [3.8, 4) is 0 Å². The molecule has 0 spiro atoms. The van der Waals surface area contributed by atoms with Gasteiger partial charge in [-0.1, -0.05) is 13.8 Å². The number of esters is 1. The molecule has 1 heterocycles. The molecule has 0 bridgehead atoms. The molecule has 21 heavy (non-hydrogen) atoms. The number of aliphatic hydroxyl groups excluding tert-OH is 1. The zero-order valence-corrected chi connectivity index (χ0v) is 12.4. The highest BCUT2D eigenvalue weighted by atomic mass is 16.5. The molecule has 2 amide bonds. The second-order valence-corrected chi connectivity index (χ2v) is 5.55. The number of nitrogens with one attached hydrogen (secondary N) is 1. The summed E-state index contributed by atoms with van der Waals surface area (Å²) in [5.74, 6) is -1.61. The number of carboxylic acid groups (broad SMARTS) is 1. The van der Waals surface area contributed by atoms with Crippen molar-refractivity contribution >= 4 is 18.0 Å². The van der Waals surface area contributed by atoms with Crippen molar-refractivity contribution in [2.45, 2.75) is 44.9 Å². The average Bonchev–Trinajstić information content (AvgIpc) is 2.78. The minimum atomic E-state index is -1.18. The maximum absolute atomic E-state index is 12.2. The molecule has 3 atom stereocenters. The van der Waals surface area contributed by atoms with Crippen molar-refractivity contribution < 1.29 is 29.3 Å². The van der Waals surface area contributed by atoms with Gasteiger partial charge in [0.05, 0.1) is 13.2 Å². The fourth-order valence-corrected chi connectivity index (χ4v) is 2.33. The summed E-state index contributed by atoms with van der Waals surface area (Å²) in [5.41, 5.74) is 0. The van der Waals surface area contributed by atoms with Gasteiger partial charge in [0, 0.05) is 13.0 Å². The predicted octanol–water partition coefficient (Wildman–Crippen LogP) is -0.196. The number of rotatable bonds is 5. The fraction of sp³-hybridized carbons (Fsp3) is 0.769. The first-order valence-electron chi connectivity index (χ1n) is 6.82. The van der Waals surface area contributed by atoms with Crippen LogP contribution in [0.4, 0.5) is 4.79 Å². The number of amides is 2. The monoisotopic (exact) mass is 302 g/mol. The van der Waals surface area contributed by atoms with Crippen LogP contribution in [0.1, 0.15) is 26.7 Å². The molecular formula is C13H22N2O6. The zero-order valence-electron chi connectivity index (χ0n) is 12.4. The van der Waals surface area contributed by atoms with Crippen LogP contribution < -0.4 is 5.32 Å². The van der Waals surface area contributed by atoms with E-state index in [2.05, 4.69) is 10.1 Å². The average molecular weight is 302 g/mol. The topological polar surface area (TPSA) is 116 Å². The van der Waals surface area contributed by atoms with Crippen molar-refractivity contribution in [3.05, 3.63) is 0 Å². The van der Waals surface area contributed by atoms with E-state index < -0.39 is 36.2 Å². The highest BCUT2D eigenvalue weighted by molar-refractivity contribution is 5.87. The highest BCUT2D eigenvalue weighted by Crippen LogP contribution is 2.18. The summed E-state index contributed by atoms with van der Waals surface area (Å²) in [6.45, 7) is 3.71. The van der Waals surface area contributed by atoms with Gasteiger partial charge in [-0.3, -0.25) is 0 Å². The lowest BCUT2D eigenvalue weighted by Crippen LogP contribution is -2.51. The number of aliphatic carboxylic acids is 1. The Morgan fingerprint density at radius 1 is 1.38 bits per heavy atom. The van der Waals surface area contributed by atoms with E-state index >= 15 is 0 Å². The largest absolute Gasteiger partial charge is 0.480 e. The van der Waals surface area contributed by atoms with Crippen LogP contribution in [0.15, 0.2) is 0 Å². The summed E-state index contributed by atoms with van der Waals surface area (Å²) < 4.78 is 4.63. The van der Waals surface area contributed by atoms with E-state index in [-0.39, 0.29) is 18.9 Å². The Morgan fingerprint density at radius 3 is 2.48 bits per heavy atom. The van der Waals surface area contributed by atoms with Crippen LogP contribution in [0.5, 0.6) is 0 Å². The summed E-state index contributed by atoms with van der Waals surface area (Å²) >= 11 is 0. The first-order valence-corrected chi connectivity index (χ1v) is 6.82. The molecule has 1 unspecified atom stereocenters. The number of likely N-dealkylation sites (tertiary alicyclic amines) is 1. The van der Waals surface area contributed by atoms with Crippen LogP contribution in [0.3, 0.4) is 0 Å². The van der Waals surface area contributed by atoms with E-state index in [1.165, 1.54) is 7.11 Å². The van der Waals surface area contributed by atoms with Gasteiger partial charge in [0.25, 0.3) is 0 Å². The van der Waals surface area contributed by atoms with Crippen molar-refractivity contribution in [1.82, 2.24) is 10.2 Å². The van der Waals surface area contributed by atoms with Gasteiger partial charge >= 0.3 is 18.0 Å². The smallest absolute Gasteiger partial charge is 0.328 e. The third kappa shape index (κ3) is 4.59. The van der Waals surface area contributed by atoms with Crippen LogP contribution in [-0.4, -0.2) is 64.9 Å². The summed E-state index contributed by atoms with van der Waals surface area (Å²) in [7, 11) is 1.22. The Bertz CT molecular complexity index is 411. The molecule has 0 radical (unpaired) electrons. The minimum absolute atomic E-state index is 0.0180. The van der Waals surface area contributed by atoms with E-state index in [1.807, 2.05) is 13.8 Å². The van der Waals surface area contributed by atoms with Gasteiger partial charge < -0.3 is 25.2 Å². The molecule has 0 aromatic rings. The van der Waals surface area contributed by atoms with E-state index in [0.717, 1.165) is 4.90 Å². The van der Waals surface area contributed by atoms with Crippen LogP contribution in [0.25, 0.3) is 0 Å². The summed E-state index contributed by atoms with van der Waals surface area (Å²) in [4.78, 5) is 35.9. The third-order valence-corrected chi connectivity index (χ3v) is 3.32. The second-order valence-electron chi connectivity index (χ2n) is 5.55. The maximum atomic E-state index is 12.2. The first kappa shape index (κ1) is 17.2. The van der Waals surface area contributed by atoms with Gasteiger partial charge in [-0.2, -0.15) is 0 Å². The standard InChI is InChI=1S/C13H22N2O6/c1-7(2)4-9(12(19)21-3)14-13(20)15-6-8(16)5-10(15)11(17)18/h7-10,16H,4-6H2,1-3H3,(H,14,20)(H,17,18)/t8-,9?,10+/m1/s1. The van der Waals surface area contributed by atoms with Gasteiger partial charge in [-0.05, 0) is 12.3 Å². The molecule has 1 fully saturated rings. The molecule has 1 aliphatic heterocycles. The van der Waals surface area contributed by atoms with Crippen LogP contribution in [-0.2, 0) is 14.3 Å². The lowest BCUT2D eigenvalue weighted by Gasteiger charge is -2.25. The lowest BCUT2D eigenvalue weighted by molar-refractivity contribution is -0.143. The summed E-state index contributed by atoms with van der Waals surface area (Å²) in [5, 5.41) is 21.1. The van der Waals surface area contributed by atoms with E-state index in [1.54, 1.807) is 0 Å². The molecule has 0 aromatic heterocycles. The summed E-state index contributed by atoms with van der Waals surface area (Å²) in [6.07, 6.45) is -0.513. The van der Waals surface area contributed by atoms with Crippen LogP contribution in [0, 0.1) is 5.92 Å². The molecule has 3 N–H and O–H groups in total. The number of carbonyl (C=O) groups excluding carboxylic acids is 2. The first-order chi connectivity index (χ1) is 9.76. The van der Waals surface area contributed by atoms with E-state index in [0.29, 0.717) is 6.42 Å². The van der Waals surface area contributed by atoms with Gasteiger partial charge in [0.15, 0.2) is 0 Å².